The van der Waals surface area contributed by atoms with Gasteiger partial charge in [0.05, 0.1) is 0 Å². The molecule has 2 aliphatic heterocycles. The summed E-state index contributed by atoms with van der Waals surface area (Å²) >= 11 is 1.35. The topological polar surface area (TPSA) is 174 Å². The number of nitrogens with two attached hydrogens (primary N) is 1. The average molecular weight is 506 g/mol. The van der Waals surface area contributed by atoms with Crippen molar-refractivity contribution in [2.24, 2.45) is 5.73 Å². The molecular weight excluding hydrogens is 462 g/mol. The quantitative estimate of drug-likeness (QED) is 0.216. The van der Waals surface area contributed by atoms with Crippen LogP contribution in [0.25, 0.3) is 0 Å². The van der Waals surface area contributed by atoms with Crippen LogP contribution in [0.3, 0.4) is 0 Å². The molecule has 12 heteroatoms. The second-order valence-corrected chi connectivity index (χ2v) is 10.2. The number of carboxylic acid groups (broad SMARTS) is 2. The fourth-order valence-corrected chi connectivity index (χ4v) is 5.12. The summed E-state index contributed by atoms with van der Waals surface area (Å²) in [6, 6.07) is -2.66. The molecule has 0 aromatic heterocycles. The zero-order valence-corrected chi connectivity index (χ0v) is 22.0. The van der Waals surface area contributed by atoms with Crippen LogP contribution in [0.5, 0.6) is 0 Å². The molecule has 2 fully saturated rings. The molecule has 11 nitrogen and oxygen atoms in total. The monoisotopic (exact) mass is 505 g/mol. The van der Waals surface area contributed by atoms with Crippen LogP contribution in [0, 0.1) is 0 Å². The lowest BCUT2D eigenvalue weighted by molar-refractivity contribution is -0.161. The van der Waals surface area contributed by atoms with Crippen molar-refractivity contribution in [2.45, 2.75) is 89.1 Å². The van der Waals surface area contributed by atoms with Crippen LogP contribution in [-0.4, -0.2) is 93.3 Å². The zero-order valence-electron chi connectivity index (χ0n) is 21.2. The average Bonchev–Trinajstić information content (AvgIpc) is 3.02. The Hall–Kier alpha value is -1.89. The first-order valence-electron chi connectivity index (χ1n) is 11.8. The molecule has 4 atom stereocenters. The highest BCUT2D eigenvalue weighted by molar-refractivity contribution is 8.01. The summed E-state index contributed by atoms with van der Waals surface area (Å²) in [5, 5.41) is 26.4. The lowest BCUT2D eigenvalue weighted by Crippen LogP contribution is -2.70. The summed E-state index contributed by atoms with van der Waals surface area (Å²) in [7, 11) is 0. The summed E-state index contributed by atoms with van der Waals surface area (Å²) in [5.74, 6) is -2.95. The van der Waals surface area contributed by atoms with Crippen LogP contribution in [0.4, 0.5) is 0 Å². The highest BCUT2D eigenvalue weighted by atomic mass is 32.2. The van der Waals surface area contributed by atoms with Gasteiger partial charge in [-0.1, -0.05) is 27.7 Å². The first-order chi connectivity index (χ1) is 15.9. The van der Waals surface area contributed by atoms with Gasteiger partial charge in [-0.25, -0.2) is 4.79 Å². The molecule has 0 unspecified atom stereocenters. The van der Waals surface area contributed by atoms with E-state index < -0.39 is 40.7 Å². The van der Waals surface area contributed by atoms with Crippen molar-refractivity contribution < 1.29 is 29.4 Å². The van der Waals surface area contributed by atoms with E-state index >= 15 is 0 Å². The second-order valence-electron chi connectivity index (χ2n) is 8.39. The van der Waals surface area contributed by atoms with Crippen molar-refractivity contribution in [3.63, 3.8) is 0 Å². The van der Waals surface area contributed by atoms with E-state index in [1.54, 1.807) is 13.8 Å². The molecule has 0 aromatic carbocycles. The standard InChI is InChI=1S/C14H21N3O6S.2C4H11N/c1-14(2)9(13(22)23)17-10(19)8(11(17)24-14)16-7(18)5-3-4-6(15)12(20)21;2*1-3-5-4-2/h6,8-9,11H,3-5,15H2,1-2H3,(H,16,18)(H,20,21)(H,22,23);2*5H,3-4H2,1-2H3/t6-,8-,9+,11-;;/m1../s1. The van der Waals surface area contributed by atoms with Gasteiger partial charge < -0.3 is 36.8 Å². The number of nitrogens with one attached hydrogen (secondary N) is 3. The third-order valence-electron chi connectivity index (χ3n) is 5.23. The molecule has 2 saturated heterocycles. The van der Waals surface area contributed by atoms with Crippen molar-refractivity contribution in [2.75, 3.05) is 26.2 Å². The largest absolute Gasteiger partial charge is 0.480 e. The molecule has 2 rings (SSSR count). The lowest BCUT2D eigenvalue weighted by Gasteiger charge is -2.43. The Kier molecular flexibility index (Phi) is 15.0. The third kappa shape index (κ3) is 9.77. The minimum atomic E-state index is -1.12. The fourth-order valence-electron chi connectivity index (χ4n) is 3.50. The van der Waals surface area contributed by atoms with Crippen molar-refractivity contribution in [1.82, 2.24) is 20.9 Å². The van der Waals surface area contributed by atoms with E-state index in [2.05, 4.69) is 43.6 Å². The number of amides is 2. The molecule has 2 amide bonds. The Morgan fingerprint density at radius 2 is 1.56 bits per heavy atom. The van der Waals surface area contributed by atoms with E-state index in [0.29, 0.717) is 6.42 Å². The van der Waals surface area contributed by atoms with E-state index in [1.807, 2.05) is 0 Å². The number of hydrogen-bond acceptors (Lipinski definition) is 8. The number of fused-ring (bicyclic) bond motifs is 1. The first kappa shape index (κ1) is 32.1. The van der Waals surface area contributed by atoms with E-state index in [1.165, 1.54) is 16.7 Å². The molecule has 0 saturated carbocycles. The molecule has 2 heterocycles. The maximum atomic E-state index is 12.2. The fraction of sp³-hybridized carbons (Fsp3) is 0.818. The Bertz CT molecular complexity index is 668. The summed E-state index contributed by atoms with van der Waals surface area (Å²) in [4.78, 5) is 47.4. The Balaban J connectivity index is 0.000000916. The highest BCUT2D eigenvalue weighted by Gasteiger charge is 2.64. The van der Waals surface area contributed by atoms with Gasteiger partial charge in [0.2, 0.25) is 11.8 Å². The minimum absolute atomic E-state index is 0.0634. The number of nitrogens with zero attached hydrogens (tertiary/aromatic N) is 1. The maximum Gasteiger partial charge on any atom is 0.327 e. The van der Waals surface area contributed by atoms with Crippen LogP contribution in [0.15, 0.2) is 0 Å². The SMILES string of the molecule is CC1(C)S[C@@H]2[C@H](NC(=O)CCC[C@@H](N)C(=O)O)C(=O)N2[C@H]1C(=O)O.CCNCC.CCNCC. The van der Waals surface area contributed by atoms with Gasteiger partial charge in [0.15, 0.2) is 0 Å². The van der Waals surface area contributed by atoms with E-state index in [-0.39, 0.29) is 24.1 Å². The van der Waals surface area contributed by atoms with Crippen LogP contribution < -0.4 is 21.7 Å². The number of β-lactam (4-membered cyclic amide) rings is 1. The van der Waals surface area contributed by atoms with Crippen molar-refractivity contribution >= 4 is 35.5 Å². The number of aliphatic carboxylic acids is 2. The van der Waals surface area contributed by atoms with Crippen LogP contribution in [0.2, 0.25) is 0 Å². The summed E-state index contributed by atoms with van der Waals surface area (Å²) in [6.07, 6.45) is 0.526. The molecule has 7 N–H and O–H groups in total. The van der Waals surface area contributed by atoms with Crippen molar-refractivity contribution in [1.29, 1.82) is 0 Å². The van der Waals surface area contributed by atoms with Gasteiger partial charge in [-0.05, 0) is 52.9 Å². The van der Waals surface area contributed by atoms with Gasteiger partial charge in [-0.15, -0.1) is 11.8 Å². The van der Waals surface area contributed by atoms with Gasteiger partial charge in [0.25, 0.3) is 0 Å². The predicted octanol–water partition coefficient (Wildman–Crippen LogP) is 0.432. The van der Waals surface area contributed by atoms with Gasteiger partial charge in [0.1, 0.15) is 23.5 Å². The number of hydrogen-bond donors (Lipinski definition) is 6. The smallest absolute Gasteiger partial charge is 0.327 e. The normalized spacial score (nSPS) is 22.7. The van der Waals surface area contributed by atoms with Gasteiger partial charge in [-0.3, -0.25) is 14.4 Å². The number of thioether (sulfide) groups is 1. The van der Waals surface area contributed by atoms with E-state index in [9.17, 15) is 24.3 Å². The molecular formula is C22H43N5O6S. The summed E-state index contributed by atoms with van der Waals surface area (Å²) in [5.41, 5.74) is 5.36. The summed E-state index contributed by atoms with van der Waals surface area (Å²) in [6.45, 7) is 16.3. The Labute approximate surface area is 207 Å². The highest BCUT2D eigenvalue weighted by Crippen LogP contribution is 2.50. The molecule has 2 aliphatic rings. The molecule has 34 heavy (non-hydrogen) atoms. The van der Waals surface area contributed by atoms with Crippen LogP contribution >= 0.6 is 11.8 Å². The Morgan fingerprint density at radius 1 is 1.06 bits per heavy atom. The first-order valence-corrected chi connectivity index (χ1v) is 12.7. The van der Waals surface area contributed by atoms with Crippen molar-refractivity contribution in [3.8, 4) is 0 Å². The van der Waals surface area contributed by atoms with E-state index in [4.69, 9.17) is 10.8 Å². The number of carboxylic acids is 2. The van der Waals surface area contributed by atoms with E-state index in [0.717, 1.165) is 26.2 Å². The predicted molar refractivity (Wildman–Crippen MR) is 134 cm³/mol. The molecule has 0 aliphatic carbocycles. The molecule has 198 valence electrons. The van der Waals surface area contributed by atoms with Crippen LogP contribution in [0.1, 0.15) is 60.8 Å². The molecule has 0 bridgehead atoms. The van der Waals surface area contributed by atoms with Crippen LogP contribution in [-0.2, 0) is 19.2 Å². The van der Waals surface area contributed by atoms with Gasteiger partial charge >= 0.3 is 11.9 Å². The maximum absolute atomic E-state index is 12.2. The minimum Gasteiger partial charge on any atom is -0.480 e. The third-order valence-corrected chi connectivity index (χ3v) is 6.80. The van der Waals surface area contributed by atoms with Crippen molar-refractivity contribution in [3.05, 3.63) is 0 Å². The number of carbonyl (C=O) groups excluding carboxylic acids is 2. The lowest BCUT2D eigenvalue weighted by atomic mass is 9.96. The van der Waals surface area contributed by atoms with Gasteiger partial charge in [0, 0.05) is 11.2 Å². The zero-order chi connectivity index (χ0) is 26.5. The molecule has 0 radical (unpaired) electrons. The van der Waals surface area contributed by atoms with Gasteiger partial charge in [-0.2, -0.15) is 0 Å². The Morgan fingerprint density at radius 3 is 1.94 bits per heavy atom. The number of rotatable bonds is 11. The molecule has 0 aromatic rings. The second kappa shape index (κ2) is 15.9. The summed E-state index contributed by atoms with van der Waals surface area (Å²) < 4.78 is -0.639. The number of carbonyl (C=O) groups is 4. The molecule has 0 spiro atoms.